The average Bonchev–Trinajstić information content (AvgIpc) is 2.96. The lowest BCUT2D eigenvalue weighted by atomic mass is 10.1. The number of hydrogen-bond acceptors (Lipinski definition) is 6. The van der Waals surface area contributed by atoms with Crippen molar-refractivity contribution >= 4 is 54.6 Å². The van der Waals surface area contributed by atoms with Gasteiger partial charge < -0.3 is 10.6 Å². The fourth-order valence-corrected chi connectivity index (χ4v) is 6.82. The zero-order valence-electron chi connectivity index (χ0n) is 25.5. The molecule has 0 aliphatic heterocycles. The van der Waals surface area contributed by atoms with Crippen LogP contribution < -0.4 is 20.1 Å². The Morgan fingerprint density at radius 1 is 0.533 bits per heavy atom. The van der Waals surface area contributed by atoms with E-state index < -0.39 is 20.0 Å². The van der Waals surface area contributed by atoms with E-state index in [-0.39, 0.29) is 40.9 Å². The molecule has 236 valence electrons. The highest BCUT2D eigenvalue weighted by Gasteiger charge is 2.17. The molecule has 0 unspecified atom stereocenters. The summed E-state index contributed by atoms with van der Waals surface area (Å²) in [7, 11) is -7.62. The van der Waals surface area contributed by atoms with Crippen LogP contribution in [0.5, 0.6) is 0 Å². The van der Waals surface area contributed by atoms with Gasteiger partial charge in [0.25, 0.3) is 20.0 Å². The molecule has 0 aliphatic carbocycles. The molecule has 0 bridgehead atoms. The topological polar surface area (TPSA) is 151 Å². The van der Waals surface area contributed by atoms with Gasteiger partial charge in [-0.15, -0.1) is 0 Å². The SMILES string of the molecule is Cc1ccc(NS(=O)(=O)c2ccc(NC(=O)CCCC(=O)Nc3ccc(S(=O)(=O)Nc4ccc(C)cc4C)cc3)cc2)c(C)c1. The molecule has 4 rings (SSSR count). The summed E-state index contributed by atoms with van der Waals surface area (Å²) in [6.07, 6.45) is 0.419. The number of hydrogen-bond donors (Lipinski definition) is 4. The van der Waals surface area contributed by atoms with E-state index in [9.17, 15) is 26.4 Å². The summed E-state index contributed by atoms with van der Waals surface area (Å²) in [5, 5.41) is 5.41. The molecule has 12 heteroatoms. The summed E-state index contributed by atoms with van der Waals surface area (Å²) in [6, 6.07) is 22.5. The van der Waals surface area contributed by atoms with Crippen LogP contribution in [-0.2, 0) is 29.6 Å². The number of carbonyl (C=O) groups is 2. The van der Waals surface area contributed by atoms with Crippen LogP contribution in [-0.4, -0.2) is 28.6 Å². The molecule has 0 spiro atoms. The van der Waals surface area contributed by atoms with Crippen LogP contribution in [0.25, 0.3) is 0 Å². The van der Waals surface area contributed by atoms with Crippen molar-refractivity contribution in [1.82, 2.24) is 0 Å². The zero-order valence-corrected chi connectivity index (χ0v) is 27.1. The van der Waals surface area contributed by atoms with Crippen LogP contribution in [0, 0.1) is 27.7 Å². The Hall–Kier alpha value is -4.68. The second-order valence-electron chi connectivity index (χ2n) is 10.8. The lowest BCUT2D eigenvalue weighted by molar-refractivity contribution is -0.117. The molecule has 4 aromatic carbocycles. The van der Waals surface area contributed by atoms with Gasteiger partial charge >= 0.3 is 0 Å². The predicted molar refractivity (Wildman–Crippen MR) is 177 cm³/mol. The first-order chi connectivity index (χ1) is 21.2. The van der Waals surface area contributed by atoms with Gasteiger partial charge in [-0.05, 0) is 106 Å². The minimum absolute atomic E-state index is 0.0559. The van der Waals surface area contributed by atoms with Crippen molar-refractivity contribution in [3.63, 3.8) is 0 Å². The maximum absolute atomic E-state index is 12.8. The normalized spacial score (nSPS) is 11.5. The Morgan fingerprint density at radius 3 is 1.22 bits per heavy atom. The number of nitrogens with one attached hydrogen (secondary N) is 4. The van der Waals surface area contributed by atoms with Crippen LogP contribution in [0.4, 0.5) is 22.7 Å². The Labute approximate surface area is 264 Å². The number of benzene rings is 4. The first kappa shape index (κ1) is 33.2. The number of carbonyl (C=O) groups excluding carboxylic acids is 2. The first-order valence-corrected chi connectivity index (χ1v) is 17.2. The van der Waals surface area contributed by atoms with Crippen LogP contribution in [0.3, 0.4) is 0 Å². The smallest absolute Gasteiger partial charge is 0.261 e. The van der Waals surface area contributed by atoms with E-state index in [0.29, 0.717) is 22.7 Å². The van der Waals surface area contributed by atoms with Crippen LogP contribution >= 0.6 is 0 Å². The van der Waals surface area contributed by atoms with E-state index in [2.05, 4.69) is 20.1 Å². The van der Waals surface area contributed by atoms with Gasteiger partial charge in [-0.25, -0.2) is 16.8 Å². The summed E-state index contributed by atoms with van der Waals surface area (Å²) in [5.74, 6) is -0.643. The van der Waals surface area contributed by atoms with Crippen molar-refractivity contribution in [2.24, 2.45) is 0 Å². The average molecular weight is 649 g/mol. The van der Waals surface area contributed by atoms with Crippen molar-refractivity contribution in [3.05, 3.63) is 107 Å². The Bertz CT molecular complexity index is 1780. The molecule has 45 heavy (non-hydrogen) atoms. The van der Waals surface area contributed by atoms with Crippen molar-refractivity contribution < 1.29 is 26.4 Å². The van der Waals surface area contributed by atoms with E-state index in [0.717, 1.165) is 22.3 Å². The van der Waals surface area contributed by atoms with Gasteiger partial charge in [0.2, 0.25) is 11.8 Å². The van der Waals surface area contributed by atoms with Crippen molar-refractivity contribution in [1.29, 1.82) is 0 Å². The molecule has 4 aromatic rings. The molecule has 0 saturated carbocycles. The largest absolute Gasteiger partial charge is 0.326 e. The molecule has 0 heterocycles. The maximum Gasteiger partial charge on any atom is 0.261 e. The minimum atomic E-state index is -3.81. The highest BCUT2D eigenvalue weighted by atomic mass is 32.2. The van der Waals surface area contributed by atoms with E-state index in [1.165, 1.54) is 48.5 Å². The summed E-state index contributed by atoms with van der Waals surface area (Å²) < 4.78 is 56.3. The number of sulfonamides is 2. The van der Waals surface area contributed by atoms with Crippen molar-refractivity contribution in [3.8, 4) is 0 Å². The van der Waals surface area contributed by atoms with Gasteiger partial charge in [0.1, 0.15) is 0 Å². The number of anilines is 4. The van der Waals surface area contributed by atoms with E-state index >= 15 is 0 Å². The first-order valence-electron chi connectivity index (χ1n) is 14.2. The lowest BCUT2D eigenvalue weighted by Gasteiger charge is -2.12. The quantitative estimate of drug-likeness (QED) is 0.142. The second kappa shape index (κ2) is 14.0. The fraction of sp³-hybridized carbons (Fsp3) is 0.212. The van der Waals surface area contributed by atoms with Gasteiger partial charge in [0.15, 0.2) is 0 Å². The number of aryl methyl sites for hydroxylation is 4. The van der Waals surface area contributed by atoms with Gasteiger partial charge in [-0.1, -0.05) is 35.4 Å². The molecule has 10 nitrogen and oxygen atoms in total. The molecule has 4 N–H and O–H groups in total. The van der Waals surface area contributed by atoms with Gasteiger partial charge in [0.05, 0.1) is 21.2 Å². The highest BCUT2D eigenvalue weighted by molar-refractivity contribution is 7.93. The summed E-state index contributed by atoms with van der Waals surface area (Å²) >= 11 is 0. The van der Waals surface area contributed by atoms with Gasteiger partial charge in [-0.2, -0.15) is 0 Å². The standard InChI is InChI=1S/C33H36N4O6S2/c1-22-8-18-30(24(3)20-22)36-44(40,41)28-14-10-26(11-15-28)34-32(38)6-5-7-33(39)35-27-12-16-29(17-13-27)45(42,43)37-31-19-9-23(2)21-25(31)4/h8-21,36-37H,5-7H2,1-4H3,(H,34,38)(H,35,39). The Kier molecular flexibility index (Phi) is 10.3. The highest BCUT2D eigenvalue weighted by Crippen LogP contribution is 2.23. The molecule has 0 aliphatic rings. The minimum Gasteiger partial charge on any atom is -0.326 e. The summed E-state index contributed by atoms with van der Waals surface area (Å²) in [4.78, 5) is 24.9. The fourth-order valence-electron chi connectivity index (χ4n) is 4.55. The van der Waals surface area contributed by atoms with E-state index in [1.54, 1.807) is 12.1 Å². The van der Waals surface area contributed by atoms with E-state index in [1.807, 2.05) is 52.0 Å². The van der Waals surface area contributed by atoms with Crippen molar-refractivity contribution in [2.45, 2.75) is 56.7 Å². The number of amides is 2. The third-order valence-corrected chi connectivity index (χ3v) is 9.72. The Balaban J connectivity index is 1.23. The second-order valence-corrected chi connectivity index (χ2v) is 14.2. The molecule has 0 saturated heterocycles. The van der Waals surface area contributed by atoms with Crippen LogP contribution in [0.15, 0.2) is 94.7 Å². The van der Waals surface area contributed by atoms with Crippen LogP contribution in [0.2, 0.25) is 0 Å². The van der Waals surface area contributed by atoms with Crippen molar-refractivity contribution in [2.75, 3.05) is 20.1 Å². The molecule has 0 fully saturated rings. The molecular weight excluding hydrogens is 613 g/mol. The maximum atomic E-state index is 12.8. The predicted octanol–water partition coefficient (Wildman–Crippen LogP) is 6.27. The molecule has 0 atom stereocenters. The molecule has 0 aromatic heterocycles. The molecule has 2 amide bonds. The monoisotopic (exact) mass is 648 g/mol. The van der Waals surface area contributed by atoms with E-state index in [4.69, 9.17) is 0 Å². The third kappa shape index (κ3) is 9.16. The zero-order chi connectivity index (χ0) is 32.8. The summed E-state index contributed by atoms with van der Waals surface area (Å²) in [6.45, 7) is 7.51. The Morgan fingerprint density at radius 2 is 0.889 bits per heavy atom. The third-order valence-electron chi connectivity index (χ3n) is 6.96. The lowest BCUT2D eigenvalue weighted by Crippen LogP contribution is -2.16. The molecule has 0 radical (unpaired) electrons. The van der Waals surface area contributed by atoms with Crippen LogP contribution in [0.1, 0.15) is 41.5 Å². The summed E-state index contributed by atoms with van der Waals surface area (Å²) in [5.41, 5.74) is 5.51. The molecular formula is C33H36N4O6S2. The number of rotatable bonds is 12. The van der Waals surface area contributed by atoms with Gasteiger partial charge in [-0.3, -0.25) is 19.0 Å². The van der Waals surface area contributed by atoms with Gasteiger partial charge in [0, 0.05) is 24.2 Å².